The number of methoxy groups -OCH3 is 1. The molecule has 1 aromatic heterocycles. The number of rotatable bonds is 8. The van der Waals surface area contributed by atoms with E-state index in [0.717, 1.165) is 37.6 Å². The molecule has 1 aliphatic rings. The molecule has 27 heavy (non-hydrogen) atoms. The minimum atomic E-state index is 0. The zero-order valence-corrected chi connectivity index (χ0v) is 18.7. The van der Waals surface area contributed by atoms with Gasteiger partial charge in [-0.25, -0.2) is 4.99 Å². The first-order valence-electron chi connectivity index (χ1n) is 9.60. The predicted molar refractivity (Wildman–Crippen MR) is 123 cm³/mol. The number of ether oxygens (including phenoxy) is 1. The van der Waals surface area contributed by atoms with E-state index in [1.165, 1.54) is 30.2 Å². The molecule has 0 amide bonds. The van der Waals surface area contributed by atoms with E-state index < -0.39 is 0 Å². The molecule has 5 nitrogen and oxygen atoms in total. The fraction of sp³-hybridized carbons (Fsp3) is 0.524. The van der Waals surface area contributed by atoms with Crippen LogP contribution >= 0.6 is 24.0 Å². The zero-order valence-electron chi connectivity index (χ0n) is 16.3. The summed E-state index contributed by atoms with van der Waals surface area (Å²) in [6, 6.07) is 10.3. The summed E-state index contributed by atoms with van der Waals surface area (Å²) in [5, 5.41) is 8.10. The van der Waals surface area contributed by atoms with Crippen molar-refractivity contribution >= 4 is 40.8 Å². The predicted octanol–water partition coefficient (Wildman–Crippen LogP) is 4.11. The maximum atomic E-state index is 5.29. The van der Waals surface area contributed by atoms with Crippen molar-refractivity contribution in [1.82, 2.24) is 15.6 Å². The van der Waals surface area contributed by atoms with E-state index in [1.807, 2.05) is 18.3 Å². The number of para-hydroxylation sites is 1. The van der Waals surface area contributed by atoms with Gasteiger partial charge in [-0.2, -0.15) is 0 Å². The quantitative estimate of drug-likeness (QED) is 0.338. The van der Waals surface area contributed by atoms with Crippen LogP contribution in [0.25, 0.3) is 10.9 Å². The van der Waals surface area contributed by atoms with Crippen molar-refractivity contribution in [2.24, 2.45) is 10.4 Å². The summed E-state index contributed by atoms with van der Waals surface area (Å²) in [6.45, 7) is 5.39. The average Bonchev–Trinajstić information content (AvgIpc) is 2.64. The number of nitrogens with zero attached hydrogens (tertiary/aromatic N) is 2. The van der Waals surface area contributed by atoms with Gasteiger partial charge in [-0.15, -0.1) is 24.0 Å². The van der Waals surface area contributed by atoms with Crippen LogP contribution in [0.3, 0.4) is 0 Å². The van der Waals surface area contributed by atoms with Crippen molar-refractivity contribution in [2.45, 2.75) is 39.2 Å². The lowest BCUT2D eigenvalue weighted by molar-refractivity contribution is 0.0732. The molecule has 3 rings (SSSR count). The van der Waals surface area contributed by atoms with Gasteiger partial charge in [0.15, 0.2) is 5.96 Å². The maximum Gasteiger partial charge on any atom is 0.191 e. The first kappa shape index (κ1) is 21.9. The molecule has 2 aromatic rings. The second-order valence-electron chi connectivity index (χ2n) is 7.13. The average molecular weight is 482 g/mol. The third-order valence-electron chi connectivity index (χ3n) is 5.37. The van der Waals surface area contributed by atoms with Gasteiger partial charge in [-0.3, -0.25) is 4.98 Å². The molecule has 1 saturated carbocycles. The number of halogens is 1. The Morgan fingerprint density at radius 3 is 2.74 bits per heavy atom. The van der Waals surface area contributed by atoms with Crippen molar-refractivity contribution < 1.29 is 4.74 Å². The fourth-order valence-electron chi connectivity index (χ4n) is 3.58. The van der Waals surface area contributed by atoms with Gasteiger partial charge in [0.25, 0.3) is 0 Å². The Balaban J connectivity index is 0.00000261. The highest BCUT2D eigenvalue weighted by Crippen LogP contribution is 2.43. The van der Waals surface area contributed by atoms with Gasteiger partial charge in [-0.05, 0) is 49.3 Å². The van der Waals surface area contributed by atoms with E-state index in [4.69, 9.17) is 9.73 Å². The third kappa shape index (κ3) is 5.78. The Morgan fingerprint density at radius 1 is 1.22 bits per heavy atom. The number of guanidine groups is 1. The number of pyridine rings is 1. The number of benzene rings is 1. The van der Waals surface area contributed by atoms with Crippen LogP contribution in [0.5, 0.6) is 0 Å². The van der Waals surface area contributed by atoms with Crippen LogP contribution in [0.1, 0.15) is 38.2 Å². The molecule has 0 aliphatic heterocycles. The molecule has 0 radical (unpaired) electrons. The molecular formula is C21H31IN4O. The van der Waals surface area contributed by atoms with Gasteiger partial charge in [-0.1, -0.05) is 24.6 Å². The van der Waals surface area contributed by atoms with Crippen molar-refractivity contribution in [3.8, 4) is 0 Å². The number of hydrogen-bond donors (Lipinski definition) is 2. The molecule has 1 aliphatic carbocycles. The summed E-state index contributed by atoms with van der Waals surface area (Å²) in [5.41, 5.74) is 2.59. The summed E-state index contributed by atoms with van der Waals surface area (Å²) in [4.78, 5) is 9.24. The highest BCUT2D eigenvalue weighted by molar-refractivity contribution is 14.0. The summed E-state index contributed by atoms with van der Waals surface area (Å²) < 4.78 is 5.29. The Kier molecular flexibility index (Phi) is 8.76. The van der Waals surface area contributed by atoms with Crippen molar-refractivity contribution in [1.29, 1.82) is 0 Å². The molecular weight excluding hydrogens is 451 g/mol. The summed E-state index contributed by atoms with van der Waals surface area (Å²) >= 11 is 0. The maximum absolute atomic E-state index is 5.29. The number of aromatic nitrogens is 1. The van der Waals surface area contributed by atoms with Gasteiger partial charge in [0, 0.05) is 38.4 Å². The summed E-state index contributed by atoms with van der Waals surface area (Å²) in [5.74, 6) is 0.886. The smallest absolute Gasteiger partial charge is 0.191 e. The highest BCUT2D eigenvalue weighted by atomic mass is 127. The minimum absolute atomic E-state index is 0. The summed E-state index contributed by atoms with van der Waals surface area (Å²) in [6.07, 6.45) is 6.85. The molecule has 0 atom stereocenters. The standard InChI is InChI=1S/C21H30N4O.HI/c1-3-22-20(25-16-21(10-6-11-21)12-14-26-2)24-15-17-9-13-23-19-8-5-4-7-18(17)19;/h4-5,7-9,13H,3,6,10-12,14-16H2,1-2H3,(H2,22,24,25);1H. The van der Waals surface area contributed by atoms with Crippen LogP contribution in [0.15, 0.2) is 41.5 Å². The van der Waals surface area contributed by atoms with Gasteiger partial charge in [0.2, 0.25) is 0 Å². The monoisotopic (exact) mass is 482 g/mol. The molecule has 1 fully saturated rings. The zero-order chi connectivity index (χ0) is 18.2. The number of hydrogen-bond acceptors (Lipinski definition) is 3. The first-order chi connectivity index (χ1) is 12.8. The normalized spacial score (nSPS) is 15.7. The van der Waals surface area contributed by atoms with Crippen LogP contribution in [0.4, 0.5) is 0 Å². The molecule has 0 spiro atoms. The second-order valence-corrected chi connectivity index (χ2v) is 7.13. The lowest BCUT2D eigenvalue weighted by atomic mass is 9.67. The van der Waals surface area contributed by atoms with E-state index in [1.54, 1.807) is 7.11 Å². The Morgan fingerprint density at radius 2 is 2.04 bits per heavy atom. The van der Waals surface area contributed by atoms with Gasteiger partial charge >= 0.3 is 0 Å². The van der Waals surface area contributed by atoms with Crippen LogP contribution in [0, 0.1) is 5.41 Å². The van der Waals surface area contributed by atoms with Crippen molar-refractivity contribution in [2.75, 3.05) is 26.8 Å². The van der Waals surface area contributed by atoms with Gasteiger partial charge in [0.05, 0.1) is 12.1 Å². The lowest BCUT2D eigenvalue weighted by Gasteiger charge is -2.42. The van der Waals surface area contributed by atoms with E-state index in [9.17, 15) is 0 Å². The SMILES string of the molecule is CCNC(=NCc1ccnc2ccccc12)NCC1(CCOC)CCC1.I. The minimum Gasteiger partial charge on any atom is -0.385 e. The van der Waals surface area contributed by atoms with E-state index in [2.05, 4.69) is 40.7 Å². The first-order valence-corrected chi connectivity index (χ1v) is 9.60. The van der Waals surface area contributed by atoms with Crippen LogP contribution in [-0.2, 0) is 11.3 Å². The Bertz CT molecular complexity index is 741. The third-order valence-corrected chi connectivity index (χ3v) is 5.37. The molecule has 2 N–H and O–H groups in total. The fourth-order valence-corrected chi connectivity index (χ4v) is 3.58. The van der Waals surface area contributed by atoms with Gasteiger partial charge < -0.3 is 15.4 Å². The molecule has 0 saturated heterocycles. The van der Waals surface area contributed by atoms with E-state index in [0.29, 0.717) is 12.0 Å². The van der Waals surface area contributed by atoms with Crippen LogP contribution < -0.4 is 10.6 Å². The van der Waals surface area contributed by atoms with Crippen LogP contribution in [-0.4, -0.2) is 37.7 Å². The molecule has 1 heterocycles. The van der Waals surface area contributed by atoms with E-state index >= 15 is 0 Å². The number of aliphatic imine (C=N–C) groups is 1. The van der Waals surface area contributed by atoms with Crippen molar-refractivity contribution in [3.63, 3.8) is 0 Å². The highest BCUT2D eigenvalue weighted by Gasteiger charge is 2.36. The van der Waals surface area contributed by atoms with Crippen LogP contribution in [0.2, 0.25) is 0 Å². The molecule has 148 valence electrons. The van der Waals surface area contributed by atoms with Gasteiger partial charge in [0.1, 0.15) is 0 Å². The van der Waals surface area contributed by atoms with Crippen molar-refractivity contribution in [3.05, 3.63) is 42.1 Å². The van der Waals surface area contributed by atoms with E-state index in [-0.39, 0.29) is 24.0 Å². The molecule has 0 unspecified atom stereocenters. The molecule has 0 bridgehead atoms. The number of fused-ring (bicyclic) bond motifs is 1. The molecule has 1 aromatic carbocycles. The Labute approximate surface area is 179 Å². The second kappa shape index (κ2) is 10.8. The lowest BCUT2D eigenvalue weighted by Crippen LogP contribution is -2.46. The topological polar surface area (TPSA) is 58.5 Å². The number of nitrogens with one attached hydrogen (secondary N) is 2. The molecule has 6 heteroatoms. The summed E-state index contributed by atoms with van der Waals surface area (Å²) in [7, 11) is 1.78. The Hall–Kier alpha value is -1.41. The largest absolute Gasteiger partial charge is 0.385 e.